The maximum absolute atomic E-state index is 11.6. The molecule has 74 valence electrons. The Labute approximate surface area is 84.9 Å². The molecule has 0 unspecified atom stereocenters. The van der Waals surface area contributed by atoms with Crippen LogP contribution in [0.5, 0.6) is 0 Å². The molecule has 0 saturated carbocycles. The minimum absolute atomic E-state index is 0.306. The van der Waals surface area contributed by atoms with Crippen molar-refractivity contribution in [1.82, 2.24) is 0 Å². The third-order valence-electron chi connectivity index (χ3n) is 1.77. The van der Waals surface area contributed by atoms with E-state index in [0.29, 0.717) is 11.3 Å². The highest BCUT2D eigenvalue weighted by Crippen LogP contribution is 2.14. The van der Waals surface area contributed by atoms with Gasteiger partial charge in [-0.1, -0.05) is 31.0 Å². The van der Waals surface area contributed by atoms with E-state index in [1.807, 2.05) is 13.0 Å². The Morgan fingerprint density at radius 1 is 1.29 bits per heavy atom. The van der Waals surface area contributed by atoms with Crippen LogP contribution < -0.4 is 0 Å². The Kier molecular flexibility index (Phi) is 3.32. The number of hydrogen-bond acceptors (Lipinski definition) is 2. The van der Waals surface area contributed by atoms with Gasteiger partial charge in [0.2, 0.25) is 9.84 Å². The molecule has 0 amide bonds. The predicted octanol–water partition coefficient (Wildman–Crippen LogP) is 2.14. The van der Waals surface area contributed by atoms with E-state index in [-0.39, 0.29) is 0 Å². The largest absolute Gasteiger partial charge is 0.245 e. The Balaban J connectivity index is 3.24. The second kappa shape index (κ2) is 4.30. The van der Waals surface area contributed by atoms with Crippen LogP contribution in [0.15, 0.2) is 29.2 Å². The van der Waals surface area contributed by atoms with Crippen molar-refractivity contribution in [2.75, 3.05) is 0 Å². The van der Waals surface area contributed by atoms with Crippen LogP contribution in [-0.2, 0) is 9.84 Å². The van der Waals surface area contributed by atoms with Crippen molar-refractivity contribution in [3.8, 4) is 11.2 Å². The molecule has 1 aromatic carbocycles. The summed E-state index contributed by atoms with van der Waals surface area (Å²) in [5.74, 6) is 2.58. The normalized spacial score (nSPS) is 10.4. The van der Waals surface area contributed by atoms with E-state index >= 15 is 0 Å². The van der Waals surface area contributed by atoms with Gasteiger partial charge >= 0.3 is 0 Å². The molecule has 0 spiro atoms. The molecular formula is C11H12O2S. The van der Waals surface area contributed by atoms with Gasteiger partial charge in [0, 0.05) is 11.7 Å². The molecule has 0 aliphatic rings. The van der Waals surface area contributed by atoms with Gasteiger partial charge in [0.1, 0.15) is 0 Å². The first-order valence-corrected chi connectivity index (χ1v) is 5.86. The van der Waals surface area contributed by atoms with Crippen LogP contribution >= 0.6 is 0 Å². The van der Waals surface area contributed by atoms with Crippen LogP contribution in [0.1, 0.15) is 18.9 Å². The molecule has 1 rings (SSSR count). The lowest BCUT2D eigenvalue weighted by atomic mass is 10.2. The van der Waals surface area contributed by atoms with E-state index in [2.05, 4.69) is 11.2 Å². The molecule has 0 saturated heterocycles. The fraction of sp³-hybridized carbons (Fsp3) is 0.273. The molecule has 0 heterocycles. The number of hydrogen-bond donors (Lipinski definition) is 0. The Morgan fingerprint density at radius 2 is 1.93 bits per heavy atom. The van der Waals surface area contributed by atoms with E-state index in [0.717, 1.165) is 5.56 Å². The van der Waals surface area contributed by atoms with Gasteiger partial charge in [-0.3, -0.25) is 0 Å². The van der Waals surface area contributed by atoms with Gasteiger partial charge in [-0.15, -0.1) is 0 Å². The minimum Gasteiger partial charge on any atom is -0.210 e. The molecule has 0 aromatic heterocycles. The van der Waals surface area contributed by atoms with Gasteiger partial charge in [-0.05, 0) is 18.6 Å². The lowest BCUT2D eigenvalue weighted by Gasteiger charge is -2.00. The molecule has 0 bridgehead atoms. The van der Waals surface area contributed by atoms with Crippen molar-refractivity contribution in [2.45, 2.75) is 25.2 Å². The summed E-state index contributed by atoms with van der Waals surface area (Å²) in [7, 11) is -3.41. The summed E-state index contributed by atoms with van der Waals surface area (Å²) in [5.41, 5.74) is 0.734. The number of rotatable bonds is 1. The van der Waals surface area contributed by atoms with Crippen LogP contribution in [0.2, 0.25) is 0 Å². The van der Waals surface area contributed by atoms with Crippen LogP contribution in [-0.4, -0.2) is 8.42 Å². The van der Waals surface area contributed by atoms with Crippen LogP contribution in [0, 0.1) is 18.1 Å². The van der Waals surface area contributed by atoms with Crippen LogP contribution in [0.4, 0.5) is 0 Å². The second-order valence-electron chi connectivity index (χ2n) is 2.90. The highest BCUT2D eigenvalue weighted by molar-refractivity contribution is 7.96. The SMILES string of the molecule is CCC#CS(=O)(=O)c1ccccc1C. The Hall–Kier alpha value is -1.27. The smallest absolute Gasteiger partial charge is 0.210 e. The summed E-state index contributed by atoms with van der Waals surface area (Å²) in [6.45, 7) is 3.58. The third-order valence-corrected chi connectivity index (χ3v) is 3.22. The topological polar surface area (TPSA) is 34.1 Å². The summed E-state index contributed by atoms with van der Waals surface area (Å²) < 4.78 is 23.3. The monoisotopic (exact) mass is 208 g/mol. The highest BCUT2D eigenvalue weighted by Gasteiger charge is 2.12. The van der Waals surface area contributed by atoms with Gasteiger partial charge in [0.15, 0.2) is 0 Å². The average molecular weight is 208 g/mol. The highest BCUT2D eigenvalue weighted by atomic mass is 32.2. The van der Waals surface area contributed by atoms with Crippen molar-refractivity contribution >= 4 is 9.84 Å². The quantitative estimate of drug-likeness (QED) is 0.523. The zero-order chi connectivity index (χ0) is 10.6. The van der Waals surface area contributed by atoms with Gasteiger partial charge < -0.3 is 0 Å². The van der Waals surface area contributed by atoms with E-state index in [1.165, 1.54) is 0 Å². The Morgan fingerprint density at radius 3 is 2.50 bits per heavy atom. The van der Waals surface area contributed by atoms with E-state index in [9.17, 15) is 8.42 Å². The summed E-state index contributed by atoms with van der Waals surface area (Å²) in [6, 6.07) is 6.85. The van der Waals surface area contributed by atoms with Crippen molar-refractivity contribution in [2.24, 2.45) is 0 Å². The van der Waals surface area contributed by atoms with E-state index in [1.54, 1.807) is 25.1 Å². The average Bonchev–Trinajstić information content (AvgIpc) is 2.15. The standard InChI is InChI=1S/C11H12O2S/c1-3-4-9-14(12,13)11-8-6-5-7-10(11)2/h5-8H,3H2,1-2H3. The van der Waals surface area contributed by atoms with Gasteiger partial charge in [0.25, 0.3) is 0 Å². The first kappa shape index (κ1) is 10.8. The maximum Gasteiger partial charge on any atom is 0.245 e. The number of sulfone groups is 1. The second-order valence-corrected chi connectivity index (χ2v) is 4.55. The van der Waals surface area contributed by atoms with Crippen LogP contribution in [0.3, 0.4) is 0 Å². The van der Waals surface area contributed by atoms with E-state index < -0.39 is 9.84 Å². The van der Waals surface area contributed by atoms with E-state index in [4.69, 9.17) is 0 Å². The molecule has 0 fully saturated rings. The molecule has 0 atom stereocenters. The van der Waals surface area contributed by atoms with Gasteiger partial charge in [0.05, 0.1) is 4.90 Å². The van der Waals surface area contributed by atoms with Gasteiger partial charge in [-0.25, -0.2) is 8.42 Å². The fourth-order valence-corrected chi connectivity index (χ4v) is 2.27. The van der Waals surface area contributed by atoms with Gasteiger partial charge in [-0.2, -0.15) is 0 Å². The molecule has 2 nitrogen and oxygen atoms in total. The lowest BCUT2D eigenvalue weighted by Crippen LogP contribution is -1.99. The molecule has 0 N–H and O–H groups in total. The van der Waals surface area contributed by atoms with Crippen molar-refractivity contribution in [3.63, 3.8) is 0 Å². The molecule has 0 aliphatic carbocycles. The maximum atomic E-state index is 11.6. The van der Waals surface area contributed by atoms with Crippen LogP contribution in [0.25, 0.3) is 0 Å². The number of benzene rings is 1. The molecular weight excluding hydrogens is 196 g/mol. The summed E-state index contributed by atoms with van der Waals surface area (Å²) in [6.07, 6.45) is 0.547. The molecule has 1 aromatic rings. The van der Waals surface area contributed by atoms with Crippen molar-refractivity contribution < 1.29 is 8.42 Å². The molecule has 0 aliphatic heterocycles. The summed E-state index contributed by atoms with van der Waals surface area (Å²) in [4.78, 5) is 0.306. The first-order valence-electron chi connectivity index (χ1n) is 4.38. The Bertz CT molecular complexity index is 475. The molecule has 3 heteroatoms. The molecule has 0 radical (unpaired) electrons. The van der Waals surface area contributed by atoms with Crippen molar-refractivity contribution in [1.29, 1.82) is 0 Å². The predicted molar refractivity (Wildman–Crippen MR) is 56.4 cm³/mol. The summed E-state index contributed by atoms with van der Waals surface area (Å²) in [5, 5.41) is 2.29. The summed E-state index contributed by atoms with van der Waals surface area (Å²) >= 11 is 0. The minimum atomic E-state index is -3.41. The lowest BCUT2D eigenvalue weighted by molar-refractivity contribution is 0.605. The third kappa shape index (κ3) is 2.36. The molecule has 14 heavy (non-hydrogen) atoms. The zero-order valence-electron chi connectivity index (χ0n) is 8.24. The number of aryl methyl sites for hydroxylation is 1. The van der Waals surface area contributed by atoms with Crippen molar-refractivity contribution in [3.05, 3.63) is 29.8 Å². The zero-order valence-corrected chi connectivity index (χ0v) is 9.06. The first-order chi connectivity index (χ1) is 6.58. The fourth-order valence-electron chi connectivity index (χ4n) is 1.08.